The number of nitrogens with zero attached hydrogens (tertiary/aromatic N) is 3. The van der Waals surface area contributed by atoms with Crippen molar-refractivity contribution >= 4 is 17.2 Å². The van der Waals surface area contributed by atoms with E-state index in [1.165, 1.54) is 5.56 Å². The van der Waals surface area contributed by atoms with Gasteiger partial charge in [0.25, 0.3) is 5.91 Å². The fourth-order valence-corrected chi connectivity index (χ4v) is 3.06. The summed E-state index contributed by atoms with van der Waals surface area (Å²) in [5, 5.41) is 0. The highest BCUT2D eigenvalue weighted by Gasteiger charge is 2.14. The average molecular weight is 371 g/mol. The van der Waals surface area contributed by atoms with Crippen molar-refractivity contribution in [2.24, 2.45) is 0 Å². The van der Waals surface area contributed by atoms with E-state index in [2.05, 4.69) is 4.98 Å². The number of imidazole rings is 1. The van der Waals surface area contributed by atoms with Crippen molar-refractivity contribution in [3.05, 3.63) is 95.9 Å². The third kappa shape index (κ3) is 3.74. The molecule has 0 fully saturated rings. The molecule has 0 aliphatic rings. The molecule has 0 aliphatic heterocycles. The van der Waals surface area contributed by atoms with Crippen molar-refractivity contribution in [1.82, 2.24) is 9.38 Å². The highest BCUT2D eigenvalue weighted by Crippen LogP contribution is 2.19. The van der Waals surface area contributed by atoms with Crippen molar-refractivity contribution in [3.63, 3.8) is 0 Å². The van der Waals surface area contributed by atoms with E-state index in [1.807, 2.05) is 78.3 Å². The van der Waals surface area contributed by atoms with Crippen LogP contribution in [0.3, 0.4) is 0 Å². The van der Waals surface area contributed by atoms with Gasteiger partial charge in [-0.2, -0.15) is 0 Å². The molecule has 2 heterocycles. The normalized spacial score (nSPS) is 10.8. The number of aromatic nitrogens is 2. The molecular weight excluding hydrogens is 350 g/mol. The molecule has 0 unspecified atom stereocenters. The van der Waals surface area contributed by atoms with Crippen LogP contribution in [0.4, 0.5) is 5.69 Å². The zero-order valence-electron chi connectivity index (χ0n) is 15.9. The number of hydrogen-bond donors (Lipinski definition) is 0. The molecule has 140 valence electrons. The molecule has 28 heavy (non-hydrogen) atoms. The topological polar surface area (TPSA) is 46.8 Å². The van der Waals surface area contributed by atoms with Crippen LogP contribution >= 0.6 is 0 Å². The summed E-state index contributed by atoms with van der Waals surface area (Å²) in [5.74, 6) is 0.556. The second-order valence-electron chi connectivity index (χ2n) is 6.72. The zero-order chi connectivity index (χ0) is 19.5. The predicted molar refractivity (Wildman–Crippen MR) is 110 cm³/mol. The predicted octanol–water partition coefficient (Wildman–Crippen LogP) is 4.50. The first kappa shape index (κ1) is 17.8. The van der Waals surface area contributed by atoms with Gasteiger partial charge in [0, 0.05) is 30.7 Å². The summed E-state index contributed by atoms with van der Waals surface area (Å²) in [7, 11) is 1.77. The smallest absolute Gasteiger partial charge is 0.258 e. The van der Waals surface area contributed by atoms with Gasteiger partial charge in [-0.15, -0.1) is 0 Å². The number of pyridine rings is 1. The lowest BCUT2D eigenvalue weighted by Gasteiger charge is -2.17. The maximum Gasteiger partial charge on any atom is 0.258 e. The van der Waals surface area contributed by atoms with Gasteiger partial charge in [-0.05, 0) is 48.9 Å². The quantitative estimate of drug-likeness (QED) is 0.519. The van der Waals surface area contributed by atoms with Crippen LogP contribution in [-0.4, -0.2) is 22.3 Å². The number of carbonyl (C=O) groups excluding carboxylic acids is 1. The standard InChI is InChI=1S/C23H21N3O2/c1-17-11-12-22-24-19(15-26(22)14-17)16-28-21-10-6-7-18(13-21)23(27)25(2)20-8-4-3-5-9-20/h3-15H,16H2,1-2H3. The van der Waals surface area contributed by atoms with E-state index in [0.717, 1.165) is 17.0 Å². The number of fused-ring (bicyclic) bond motifs is 1. The SMILES string of the molecule is Cc1ccc2nc(COc3cccc(C(=O)N(C)c4ccccc4)c3)cn2c1. The summed E-state index contributed by atoms with van der Waals surface area (Å²) in [6, 6.07) is 20.8. The molecule has 4 aromatic rings. The molecule has 5 nitrogen and oxygen atoms in total. The Balaban J connectivity index is 1.48. The van der Waals surface area contributed by atoms with Crippen LogP contribution in [-0.2, 0) is 6.61 Å². The van der Waals surface area contributed by atoms with Gasteiger partial charge < -0.3 is 14.0 Å². The Hall–Kier alpha value is -3.60. The molecule has 1 amide bonds. The molecule has 0 radical (unpaired) electrons. The van der Waals surface area contributed by atoms with Crippen molar-refractivity contribution in [1.29, 1.82) is 0 Å². The lowest BCUT2D eigenvalue weighted by atomic mass is 10.2. The van der Waals surface area contributed by atoms with Crippen LogP contribution in [0.25, 0.3) is 5.65 Å². The number of carbonyl (C=O) groups is 1. The van der Waals surface area contributed by atoms with Crippen LogP contribution in [0.5, 0.6) is 5.75 Å². The summed E-state index contributed by atoms with van der Waals surface area (Å²) in [6.45, 7) is 2.39. The highest BCUT2D eigenvalue weighted by atomic mass is 16.5. The van der Waals surface area contributed by atoms with Crippen LogP contribution in [0.1, 0.15) is 21.6 Å². The minimum atomic E-state index is -0.0835. The molecule has 0 bridgehead atoms. The zero-order valence-corrected chi connectivity index (χ0v) is 15.9. The van der Waals surface area contributed by atoms with Crippen LogP contribution < -0.4 is 9.64 Å². The maximum atomic E-state index is 12.8. The monoisotopic (exact) mass is 371 g/mol. The van der Waals surface area contributed by atoms with E-state index >= 15 is 0 Å². The summed E-state index contributed by atoms with van der Waals surface area (Å²) in [6.07, 6.45) is 3.99. The fourth-order valence-electron chi connectivity index (χ4n) is 3.06. The second-order valence-corrected chi connectivity index (χ2v) is 6.72. The molecule has 5 heteroatoms. The number of benzene rings is 2. The summed E-state index contributed by atoms with van der Waals surface area (Å²) in [4.78, 5) is 19.0. The molecule has 0 saturated carbocycles. The van der Waals surface area contributed by atoms with Crippen LogP contribution in [0.15, 0.2) is 79.1 Å². The maximum absolute atomic E-state index is 12.8. The summed E-state index contributed by atoms with van der Waals surface area (Å²) < 4.78 is 7.87. The Bertz CT molecular complexity index is 1120. The third-order valence-corrected chi connectivity index (χ3v) is 4.56. The number of amides is 1. The van der Waals surface area contributed by atoms with E-state index in [-0.39, 0.29) is 5.91 Å². The Labute approximate surface area is 163 Å². The molecule has 0 saturated heterocycles. The third-order valence-electron chi connectivity index (χ3n) is 4.56. The average Bonchev–Trinajstić information content (AvgIpc) is 3.14. The summed E-state index contributed by atoms with van der Waals surface area (Å²) in [5.41, 5.74) is 4.32. The molecule has 2 aromatic heterocycles. The highest BCUT2D eigenvalue weighted by molar-refractivity contribution is 6.05. The van der Waals surface area contributed by atoms with E-state index in [1.54, 1.807) is 24.1 Å². The number of para-hydroxylation sites is 1. The number of rotatable bonds is 5. The van der Waals surface area contributed by atoms with E-state index in [0.29, 0.717) is 17.9 Å². The van der Waals surface area contributed by atoms with Gasteiger partial charge in [-0.25, -0.2) is 4.98 Å². The molecule has 2 aromatic carbocycles. The molecule has 0 spiro atoms. The van der Waals surface area contributed by atoms with Crippen molar-refractivity contribution in [2.75, 3.05) is 11.9 Å². The van der Waals surface area contributed by atoms with Gasteiger partial charge in [0.2, 0.25) is 0 Å². The number of anilines is 1. The van der Waals surface area contributed by atoms with Gasteiger partial charge in [0.15, 0.2) is 0 Å². The van der Waals surface area contributed by atoms with Crippen molar-refractivity contribution in [3.8, 4) is 5.75 Å². The van der Waals surface area contributed by atoms with E-state index in [4.69, 9.17) is 4.74 Å². The molecular formula is C23H21N3O2. The van der Waals surface area contributed by atoms with Gasteiger partial charge in [-0.3, -0.25) is 4.79 Å². The van der Waals surface area contributed by atoms with Crippen LogP contribution in [0, 0.1) is 6.92 Å². The molecule has 0 atom stereocenters. The minimum absolute atomic E-state index is 0.0835. The largest absolute Gasteiger partial charge is 0.487 e. The molecule has 0 aliphatic carbocycles. The Morgan fingerprint density at radius 1 is 1.04 bits per heavy atom. The number of ether oxygens (including phenoxy) is 1. The fraction of sp³-hybridized carbons (Fsp3) is 0.130. The van der Waals surface area contributed by atoms with Crippen LogP contribution in [0.2, 0.25) is 0 Å². The lowest BCUT2D eigenvalue weighted by Crippen LogP contribution is -2.26. The van der Waals surface area contributed by atoms with Crippen molar-refractivity contribution in [2.45, 2.75) is 13.5 Å². The second kappa shape index (κ2) is 7.56. The van der Waals surface area contributed by atoms with E-state index in [9.17, 15) is 4.79 Å². The van der Waals surface area contributed by atoms with Crippen molar-refractivity contribution < 1.29 is 9.53 Å². The van der Waals surface area contributed by atoms with Gasteiger partial charge in [-0.1, -0.05) is 30.3 Å². The number of aryl methyl sites for hydroxylation is 1. The first-order chi connectivity index (χ1) is 13.6. The Morgan fingerprint density at radius 2 is 1.86 bits per heavy atom. The first-order valence-corrected chi connectivity index (χ1v) is 9.10. The number of hydrogen-bond acceptors (Lipinski definition) is 3. The Kier molecular flexibility index (Phi) is 4.81. The molecule has 4 rings (SSSR count). The lowest BCUT2D eigenvalue weighted by molar-refractivity contribution is 0.0992. The summed E-state index contributed by atoms with van der Waals surface area (Å²) >= 11 is 0. The Morgan fingerprint density at radius 3 is 2.68 bits per heavy atom. The minimum Gasteiger partial charge on any atom is -0.487 e. The van der Waals surface area contributed by atoms with Gasteiger partial charge >= 0.3 is 0 Å². The van der Waals surface area contributed by atoms with E-state index < -0.39 is 0 Å². The molecule has 0 N–H and O–H groups in total. The van der Waals surface area contributed by atoms with Gasteiger partial charge in [0.1, 0.15) is 18.0 Å². The first-order valence-electron chi connectivity index (χ1n) is 9.10. The van der Waals surface area contributed by atoms with Gasteiger partial charge in [0.05, 0.1) is 5.69 Å².